The normalized spacial score (nSPS) is 10.3. The summed E-state index contributed by atoms with van der Waals surface area (Å²) in [5.74, 6) is -1.27. The van der Waals surface area contributed by atoms with Gasteiger partial charge in [-0.05, 0) is 12.5 Å². The van der Waals surface area contributed by atoms with Crippen molar-refractivity contribution in [3.63, 3.8) is 0 Å². The number of carboxylic acids is 1. The molecule has 6 heteroatoms. The summed E-state index contributed by atoms with van der Waals surface area (Å²) in [5, 5.41) is 12.5. The number of amides is 1. The molecule has 1 aromatic heterocycles. The van der Waals surface area contributed by atoms with E-state index in [0.29, 0.717) is 12.1 Å². The van der Waals surface area contributed by atoms with Crippen molar-refractivity contribution < 1.29 is 19.2 Å². The van der Waals surface area contributed by atoms with Crippen LogP contribution in [0.15, 0.2) is 41.1 Å². The zero-order valence-electron chi connectivity index (χ0n) is 11.7. The molecule has 2 aromatic rings. The number of carboxylic acid groups (broad SMARTS) is 1. The maximum absolute atomic E-state index is 12.5. The minimum atomic E-state index is -0.947. The fourth-order valence-electron chi connectivity index (χ4n) is 1.93. The number of carbonyl (C=O) groups is 2. The molecule has 0 atom stereocenters. The van der Waals surface area contributed by atoms with Crippen molar-refractivity contribution in [3.8, 4) is 0 Å². The summed E-state index contributed by atoms with van der Waals surface area (Å²) >= 11 is 0. The van der Waals surface area contributed by atoms with Crippen LogP contribution < -0.4 is 0 Å². The first-order valence-electron chi connectivity index (χ1n) is 6.54. The van der Waals surface area contributed by atoms with E-state index >= 15 is 0 Å². The molecular formula is C15H16N2O4. The predicted molar refractivity (Wildman–Crippen MR) is 74.7 cm³/mol. The average molecular weight is 288 g/mol. The van der Waals surface area contributed by atoms with E-state index in [9.17, 15) is 9.59 Å². The summed E-state index contributed by atoms with van der Waals surface area (Å²) in [6, 6.07) is 9.40. The predicted octanol–water partition coefficient (Wildman–Crippen LogP) is 2.10. The molecule has 2 rings (SSSR count). The molecule has 0 aliphatic rings. The molecule has 110 valence electrons. The smallest absolute Gasteiger partial charge is 0.305 e. The molecule has 0 saturated carbocycles. The Bertz CT molecular complexity index is 622. The van der Waals surface area contributed by atoms with E-state index in [2.05, 4.69) is 5.16 Å². The molecule has 1 heterocycles. The number of hydrogen-bond donors (Lipinski definition) is 1. The van der Waals surface area contributed by atoms with Gasteiger partial charge in [0.15, 0.2) is 5.69 Å². The van der Waals surface area contributed by atoms with Crippen LogP contribution >= 0.6 is 0 Å². The van der Waals surface area contributed by atoms with E-state index < -0.39 is 5.97 Å². The van der Waals surface area contributed by atoms with Crippen LogP contribution in [-0.2, 0) is 11.3 Å². The minimum Gasteiger partial charge on any atom is -0.481 e. The van der Waals surface area contributed by atoms with Gasteiger partial charge in [-0.3, -0.25) is 9.59 Å². The van der Waals surface area contributed by atoms with Gasteiger partial charge in [-0.2, -0.15) is 0 Å². The summed E-state index contributed by atoms with van der Waals surface area (Å²) in [6.45, 7) is 2.18. The zero-order chi connectivity index (χ0) is 15.2. The molecule has 0 spiro atoms. The third-order valence-corrected chi connectivity index (χ3v) is 3.05. The van der Waals surface area contributed by atoms with Crippen molar-refractivity contribution in [2.75, 3.05) is 6.54 Å². The minimum absolute atomic E-state index is 0.116. The average Bonchev–Trinajstić information content (AvgIpc) is 2.90. The highest BCUT2D eigenvalue weighted by Gasteiger charge is 2.21. The number of aliphatic carboxylic acids is 1. The Morgan fingerprint density at radius 2 is 2.00 bits per heavy atom. The zero-order valence-corrected chi connectivity index (χ0v) is 11.7. The molecule has 0 bridgehead atoms. The second kappa shape index (κ2) is 6.69. The first kappa shape index (κ1) is 14.8. The van der Waals surface area contributed by atoms with Gasteiger partial charge in [-0.25, -0.2) is 0 Å². The van der Waals surface area contributed by atoms with E-state index in [1.54, 1.807) is 6.92 Å². The fourth-order valence-corrected chi connectivity index (χ4v) is 1.93. The van der Waals surface area contributed by atoms with Crippen LogP contribution in [0.4, 0.5) is 0 Å². The van der Waals surface area contributed by atoms with Crippen molar-refractivity contribution >= 4 is 11.9 Å². The number of aromatic nitrogens is 1. The topological polar surface area (TPSA) is 83.6 Å². The largest absolute Gasteiger partial charge is 0.481 e. The van der Waals surface area contributed by atoms with Crippen LogP contribution in [0.2, 0.25) is 0 Å². The number of rotatable bonds is 6. The maximum Gasteiger partial charge on any atom is 0.305 e. The Kier molecular flexibility index (Phi) is 4.71. The molecule has 0 radical (unpaired) electrons. The van der Waals surface area contributed by atoms with Crippen LogP contribution in [0.5, 0.6) is 0 Å². The second-order valence-corrected chi connectivity index (χ2v) is 4.70. The highest BCUT2D eigenvalue weighted by Crippen LogP contribution is 2.12. The lowest BCUT2D eigenvalue weighted by Gasteiger charge is -2.21. The van der Waals surface area contributed by atoms with E-state index in [0.717, 1.165) is 5.56 Å². The number of hydrogen-bond acceptors (Lipinski definition) is 4. The number of aryl methyl sites for hydroxylation is 1. The van der Waals surface area contributed by atoms with Crippen molar-refractivity contribution in [3.05, 3.63) is 53.4 Å². The van der Waals surface area contributed by atoms with Crippen molar-refractivity contribution in [1.82, 2.24) is 10.1 Å². The van der Waals surface area contributed by atoms with Gasteiger partial charge in [0, 0.05) is 18.7 Å². The van der Waals surface area contributed by atoms with E-state index in [1.165, 1.54) is 11.2 Å². The Morgan fingerprint density at radius 1 is 1.29 bits per heavy atom. The molecule has 6 nitrogen and oxygen atoms in total. The third-order valence-electron chi connectivity index (χ3n) is 3.05. The van der Waals surface area contributed by atoms with Gasteiger partial charge >= 0.3 is 5.97 Å². The summed E-state index contributed by atoms with van der Waals surface area (Å²) in [4.78, 5) is 24.7. The second-order valence-electron chi connectivity index (χ2n) is 4.70. The standard InChI is InChI=1S/C15H16N2O4/c1-11-10-21-16-14(11)15(20)17(8-7-13(18)19)9-12-5-3-2-4-6-12/h2-6,10H,7-9H2,1H3,(H,18,19). The summed E-state index contributed by atoms with van der Waals surface area (Å²) < 4.78 is 4.78. The van der Waals surface area contributed by atoms with Crippen LogP contribution in [0.1, 0.15) is 28.0 Å². The van der Waals surface area contributed by atoms with Gasteiger partial charge in [0.1, 0.15) is 6.26 Å². The SMILES string of the molecule is Cc1conc1C(=O)N(CCC(=O)O)Cc1ccccc1. The lowest BCUT2D eigenvalue weighted by atomic mass is 10.2. The van der Waals surface area contributed by atoms with Crippen LogP contribution in [0.3, 0.4) is 0 Å². The Labute approximate surface area is 122 Å². The van der Waals surface area contributed by atoms with Crippen LogP contribution in [-0.4, -0.2) is 33.6 Å². The summed E-state index contributed by atoms with van der Waals surface area (Å²) in [5.41, 5.74) is 1.78. The molecule has 0 aliphatic carbocycles. The third kappa shape index (κ3) is 3.92. The number of nitrogens with zero attached hydrogens (tertiary/aromatic N) is 2. The first-order valence-corrected chi connectivity index (χ1v) is 6.54. The first-order chi connectivity index (χ1) is 10.1. The van der Waals surface area contributed by atoms with Gasteiger partial charge < -0.3 is 14.5 Å². The molecular weight excluding hydrogens is 272 g/mol. The quantitative estimate of drug-likeness (QED) is 0.880. The lowest BCUT2D eigenvalue weighted by Crippen LogP contribution is -2.33. The molecule has 0 aliphatic heterocycles. The van der Waals surface area contributed by atoms with Gasteiger partial charge in [0.05, 0.1) is 6.42 Å². The van der Waals surface area contributed by atoms with Crippen molar-refractivity contribution in [2.45, 2.75) is 19.9 Å². The lowest BCUT2D eigenvalue weighted by molar-refractivity contribution is -0.137. The van der Waals surface area contributed by atoms with Crippen molar-refractivity contribution in [2.24, 2.45) is 0 Å². The highest BCUT2D eigenvalue weighted by atomic mass is 16.5. The number of carbonyl (C=O) groups excluding carboxylic acids is 1. The van der Waals surface area contributed by atoms with Gasteiger partial charge in [-0.15, -0.1) is 0 Å². The van der Waals surface area contributed by atoms with Gasteiger partial charge in [0.2, 0.25) is 0 Å². The molecule has 0 fully saturated rings. The molecule has 1 amide bonds. The van der Waals surface area contributed by atoms with Crippen molar-refractivity contribution in [1.29, 1.82) is 0 Å². The molecule has 1 aromatic carbocycles. The molecule has 0 saturated heterocycles. The van der Waals surface area contributed by atoms with E-state index in [-0.39, 0.29) is 24.6 Å². The van der Waals surface area contributed by atoms with Crippen LogP contribution in [0.25, 0.3) is 0 Å². The molecule has 21 heavy (non-hydrogen) atoms. The Balaban J connectivity index is 2.17. The summed E-state index contributed by atoms with van der Waals surface area (Å²) in [7, 11) is 0. The van der Waals surface area contributed by atoms with Gasteiger partial charge in [-0.1, -0.05) is 35.5 Å². The summed E-state index contributed by atoms with van der Waals surface area (Å²) in [6.07, 6.45) is 1.28. The monoisotopic (exact) mass is 288 g/mol. The van der Waals surface area contributed by atoms with Crippen LogP contribution in [0, 0.1) is 6.92 Å². The van der Waals surface area contributed by atoms with E-state index in [4.69, 9.17) is 9.63 Å². The molecule has 1 N–H and O–H groups in total. The fraction of sp³-hybridized carbons (Fsp3) is 0.267. The van der Waals surface area contributed by atoms with Gasteiger partial charge in [0.25, 0.3) is 5.91 Å². The highest BCUT2D eigenvalue weighted by molar-refractivity contribution is 5.93. The maximum atomic E-state index is 12.5. The Morgan fingerprint density at radius 3 is 2.57 bits per heavy atom. The molecule has 0 unspecified atom stereocenters. The Hall–Kier alpha value is -2.63. The number of benzene rings is 1. The van der Waals surface area contributed by atoms with E-state index in [1.807, 2.05) is 30.3 Å².